The van der Waals surface area contributed by atoms with Crippen molar-refractivity contribution in [1.29, 1.82) is 0 Å². The molecule has 3 aromatic carbocycles. The molecule has 2 atom stereocenters. The van der Waals surface area contributed by atoms with Gasteiger partial charge in [-0.3, -0.25) is 0 Å². The van der Waals surface area contributed by atoms with E-state index in [1.807, 2.05) is 42.5 Å². The molecule has 0 radical (unpaired) electrons. The molecular weight excluding hydrogens is 380 g/mol. The Bertz CT molecular complexity index is 1040. The smallest absolute Gasteiger partial charge is 0.201 e. The number of fused-ring (bicyclic) bond motifs is 1. The topological polar surface area (TPSA) is 49.5 Å². The van der Waals surface area contributed by atoms with E-state index in [4.69, 9.17) is 24.0 Å². The lowest BCUT2D eigenvalue weighted by molar-refractivity contribution is -0.490. The lowest BCUT2D eigenvalue weighted by atomic mass is 9.94. The Balaban J connectivity index is 1.16. The Morgan fingerprint density at radius 3 is 2.23 bits per heavy atom. The molecule has 2 saturated heterocycles. The second kappa shape index (κ2) is 7.06. The number of hydrogen-bond donors (Lipinski definition) is 0. The summed E-state index contributed by atoms with van der Waals surface area (Å²) >= 11 is 0. The van der Waals surface area contributed by atoms with Crippen LogP contribution in [0.25, 0.3) is 10.8 Å². The maximum absolute atomic E-state index is 6.07. The summed E-state index contributed by atoms with van der Waals surface area (Å²) < 4.78 is 18.0. The molecule has 0 aromatic heterocycles. The van der Waals surface area contributed by atoms with Crippen molar-refractivity contribution in [2.75, 3.05) is 13.2 Å². The van der Waals surface area contributed by atoms with Gasteiger partial charge < -0.3 is 14.2 Å². The molecule has 2 aliphatic heterocycles. The van der Waals surface area contributed by atoms with Crippen LogP contribution in [0.2, 0.25) is 0 Å². The summed E-state index contributed by atoms with van der Waals surface area (Å²) in [6.07, 6.45) is 3.77. The third kappa shape index (κ3) is 3.19. The van der Waals surface area contributed by atoms with Crippen molar-refractivity contribution in [1.82, 2.24) is 0 Å². The first-order valence-electron chi connectivity index (χ1n) is 10.6. The molecule has 3 fully saturated rings. The first-order valence-corrected chi connectivity index (χ1v) is 10.6. The zero-order valence-electron chi connectivity index (χ0n) is 16.7. The van der Waals surface area contributed by atoms with Crippen LogP contribution in [-0.4, -0.2) is 25.1 Å². The third-order valence-corrected chi connectivity index (χ3v) is 6.45. The standard InChI is InChI=1S/C25H24O5/c1-2-6-19-15-22(10-7-18(19)5-1)28-21-11-8-20(9-12-21)25(17-27-25)23-16-26-24(30-29-23)13-3-4-14-24/h1-2,5-12,15,23H,3-4,13-14,16-17H2. The van der Waals surface area contributed by atoms with Crippen LogP contribution in [-0.2, 0) is 24.8 Å². The molecule has 0 bridgehead atoms. The van der Waals surface area contributed by atoms with Crippen LogP contribution in [0.1, 0.15) is 31.2 Å². The fourth-order valence-corrected chi connectivity index (χ4v) is 4.57. The maximum Gasteiger partial charge on any atom is 0.201 e. The Morgan fingerprint density at radius 2 is 1.53 bits per heavy atom. The van der Waals surface area contributed by atoms with Crippen molar-refractivity contribution >= 4 is 10.8 Å². The monoisotopic (exact) mass is 404 g/mol. The van der Waals surface area contributed by atoms with E-state index in [0.29, 0.717) is 13.2 Å². The van der Waals surface area contributed by atoms with Crippen molar-refractivity contribution in [2.24, 2.45) is 0 Å². The fourth-order valence-electron chi connectivity index (χ4n) is 4.57. The van der Waals surface area contributed by atoms with E-state index in [0.717, 1.165) is 48.1 Å². The van der Waals surface area contributed by atoms with Gasteiger partial charge in [-0.05, 0) is 53.4 Å². The van der Waals surface area contributed by atoms with Crippen LogP contribution in [0.3, 0.4) is 0 Å². The van der Waals surface area contributed by atoms with E-state index >= 15 is 0 Å². The van der Waals surface area contributed by atoms with Crippen LogP contribution in [0.15, 0.2) is 66.7 Å². The van der Waals surface area contributed by atoms with Gasteiger partial charge in [-0.2, -0.15) is 0 Å². The highest BCUT2D eigenvalue weighted by Crippen LogP contribution is 2.48. The molecule has 30 heavy (non-hydrogen) atoms. The summed E-state index contributed by atoms with van der Waals surface area (Å²) in [5, 5.41) is 2.36. The quantitative estimate of drug-likeness (QED) is 0.426. The minimum atomic E-state index is -0.538. The van der Waals surface area contributed by atoms with E-state index in [2.05, 4.69) is 24.3 Å². The van der Waals surface area contributed by atoms with E-state index in [9.17, 15) is 0 Å². The van der Waals surface area contributed by atoms with Crippen molar-refractivity contribution < 1.29 is 24.0 Å². The Labute approximate surface area is 175 Å². The first-order chi connectivity index (χ1) is 14.7. The number of ether oxygens (including phenoxy) is 3. The average molecular weight is 404 g/mol. The van der Waals surface area contributed by atoms with E-state index in [1.165, 1.54) is 5.39 Å². The summed E-state index contributed by atoms with van der Waals surface area (Å²) in [5.74, 6) is 1.06. The average Bonchev–Trinajstić information content (AvgIpc) is 3.48. The highest BCUT2D eigenvalue weighted by molar-refractivity contribution is 5.83. The second-order valence-electron chi connectivity index (χ2n) is 8.41. The Morgan fingerprint density at radius 1 is 0.800 bits per heavy atom. The van der Waals surface area contributed by atoms with Gasteiger partial charge in [-0.15, -0.1) is 0 Å². The van der Waals surface area contributed by atoms with Gasteiger partial charge in [0.05, 0.1) is 13.2 Å². The van der Waals surface area contributed by atoms with Gasteiger partial charge in [0, 0.05) is 12.8 Å². The molecular formula is C25H24O5. The van der Waals surface area contributed by atoms with Crippen molar-refractivity contribution in [3.8, 4) is 11.5 Å². The van der Waals surface area contributed by atoms with Gasteiger partial charge in [0.2, 0.25) is 5.79 Å². The minimum Gasteiger partial charge on any atom is -0.457 e. The summed E-state index contributed by atoms with van der Waals surface area (Å²) in [7, 11) is 0. The van der Waals surface area contributed by atoms with Crippen LogP contribution in [0.4, 0.5) is 0 Å². The largest absolute Gasteiger partial charge is 0.457 e. The molecule has 2 unspecified atom stereocenters. The van der Waals surface area contributed by atoms with Crippen molar-refractivity contribution in [2.45, 2.75) is 43.2 Å². The lowest BCUT2D eigenvalue weighted by Crippen LogP contribution is -2.48. The zero-order valence-corrected chi connectivity index (χ0v) is 16.7. The van der Waals surface area contributed by atoms with E-state index in [-0.39, 0.29) is 6.10 Å². The van der Waals surface area contributed by atoms with Crippen LogP contribution >= 0.6 is 0 Å². The molecule has 3 aromatic rings. The predicted molar refractivity (Wildman–Crippen MR) is 111 cm³/mol. The van der Waals surface area contributed by atoms with E-state index in [1.54, 1.807) is 0 Å². The lowest BCUT2D eigenvalue weighted by Gasteiger charge is -2.37. The highest BCUT2D eigenvalue weighted by atomic mass is 17.2. The molecule has 6 rings (SSSR count). The minimum absolute atomic E-state index is 0.268. The number of rotatable bonds is 4. The van der Waals surface area contributed by atoms with E-state index < -0.39 is 11.4 Å². The van der Waals surface area contributed by atoms with Crippen LogP contribution < -0.4 is 4.74 Å². The normalized spacial score (nSPS) is 27.4. The molecule has 5 nitrogen and oxygen atoms in total. The molecule has 1 spiro atoms. The van der Waals surface area contributed by atoms with Crippen LogP contribution in [0, 0.1) is 0 Å². The molecule has 154 valence electrons. The van der Waals surface area contributed by atoms with Gasteiger partial charge >= 0.3 is 0 Å². The highest BCUT2D eigenvalue weighted by Gasteiger charge is 2.58. The number of benzene rings is 3. The molecule has 0 amide bonds. The summed E-state index contributed by atoms with van der Waals surface area (Å²) in [4.78, 5) is 11.5. The maximum atomic E-state index is 6.07. The van der Waals surface area contributed by atoms with Gasteiger partial charge in [0.15, 0.2) is 6.10 Å². The van der Waals surface area contributed by atoms with Gasteiger partial charge in [-0.1, -0.05) is 42.5 Å². The molecule has 2 heterocycles. The SMILES string of the molecule is c1ccc2cc(Oc3ccc(C4(C5COC6(CCCC6)OO5)CO4)cc3)ccc2c1. The van der Waals surface area contributed by atoms with Gasteiger partial charge in [0.1, 0.15) is 17.1 Å². The van der Waals surface area contributed by atoms with Crippen molar-refractivity contribution in [3.63, 3.8) is 0 Å². The first kappa shape index (κ1) is 18.3. The molecule has 1 saturated carbocycles. The molecule has 5 heteroatoms. The number of epoxide rings is 1. The van der Waals surface area contributed by atoms with Gasteiger partial charge in [-0.25, -0.2) is 9.78 Å². The zero-order chi connectivity index (χ0) is 20.0. The number of hydrogen-bond acceptors (Lipinski definition) is 5. The van der Waals surface area contributed by atoms with Gasteiger partial charge in [0.25, 0.3) is 0 Å². The molecule has 0 N–H and O–H groups in total. The summed E-state index contributed by atoms with van der Waals surface area (Å²) in [6.45, 7) is 1.08. The summed E-state index contributed by atoms with van der Waals surface area (Å²) in [5.41, 5.74) is 0.551. The molecule has 1 aliphatic carbocycles. The van der Waals surface area contributed by atoms with Crippen LogP contribution in [0.5, 0.6) is 11.5 Å². The van der Waals surface area contributed by atoms with Crippen molar-refractivity contribution in [3.05, 3.63) is 72.3 Å². The third-order valence-electron chi connectivity index (χ3n) is 6.45. The molecule has 3 aliphatic rings. The Hall–Kier alpha value is -2.44. The Kier molecular flexibility index (Phi) is 4.32. The second-order valence-corrected chi connectivity index (χ2v) is 8.41. The fraction of sp³-hybridized carbons (Fsp3) is 0.360. The predicted octanol–water partition coefficient (Wildman–Crippen LogP) is 5.47. The summed E-state index contributed by atoms with van der Waals surface area (Å²) in [6, 6.07) is 22.4.